The Hall–Kier alpha value is -2.26. The molecule has 1 amide bonds. The quantitative estimate of drug-likeness (QED) is 0.640. The van der Waals surface area contributed by atoms with Gasteiger partial charge in [-0.2, -0.15) is 4.31 Å². The highest BCUT2D eigenvalue weighted by atomic mass is 35.5. The van der Waals surface area contributed by atoms with Crippen molar-refractivity contribution in [1.29, 1.82) is 0 Å². The molecule has 1 aliphatic heterocycles. The molecule has 1 atom stereocenters. The second-order valence-electron chi connectivity index (χ2n) is 8.38. The Morgan fingerprint density at radius 2 is 1.73 bits per heavy atom. The summed E-state index contributed by atoms with van der Waals surface area (Å²) in [6, 6.07) is 13.0. The molecule has 1 aliphatic carbocycles. The number of sulfonamides is 1. The summed E-state index contributed by atoms with van der Waals surface area (Å²) in [5.41, 5.74) is -0.214. The van der Waals surface area contributed by atoms with Gasteiger partial charge in [-0.05, 0) is 49.6 Å². The molecule has 2 aromatic carbocycles. The first-order valence-electron chi connectivity index (χ1n) is 11.0. The molecule has 0 bridgehead atoms. The molecule has 9 heteroatoms. The zero-order chi connectivity index (χ0) is 23.6. The van der Waals surface area contributed by atoms with Gasteiger partial charge in [0.25, 0.3) is 5.91 Å². The van der Waals surface area contributed by atoms with Crippen molar-refractivity contribution in [2.45, 2.75) is 36.1 Å². The fourth-order valence-corrected chi connectivity index (χ4v) is 6.40. The van der Waals surface area contributed by atoms with Crippen LogP contribution in [0.4, 0.5) is 0 Å². The lowest BCUT2D eigenvalue weighted by Gasteiger charge is -2.44. The molecule has 1 saturated heterocycles. The number of hydrogen-bond acceptors (Lipinski definition) is 5. The molecule has 1 saturated carbocycles. The van der Waals surface area contributed by atoms with E-state index >= 15 is 0 Å². The van der Waals surface area contributed by atoms with E-state index in [1.807, 2.05) is 6.07 Å². The number of ether oxygens (including phenoxy) is 1. The van der Waals surface area contributed by atoms with Gasteiger partial charge in [-0.25, -0.2) is 8.42 Å². The molecule has 1 heterocycles. The van der Waals surface area contributed by atoms with Gasteiger partial charge in [0.15, 0.2) is 5.78 Å². The first kappa shape index (κ1) is 23.9. The normalized spacial score (nSPS) is 22.2. The highest BCUT2D eigenvalue weighted by molar-refractivity contribution is 7.89. The molecule has 0 aromatic heterocycles. The minimum absolute atomic E-state index is 0.0378. The predicted octanol–water partition coefficient (Wildman–Crippen LogP) is 3.47. The van der Waals surface area contributed by atoms with Crippen molar-refractivity contribution in [3.8, 4) is 0 Å². The fourth-order valence-electron chi connectivity index (χ4n) is 4.70. The number of ketones is 1. The number of Topliss-reactive ketones (excluding diaryl/α,β-unsaturated/α-hetero) is 1. The van der Waals surface area contributed by atoms with E-state index in [9.17, 15) is 18.0 Å². The first-order chi connectivity index (χ1) is 15.8. The Bertz CT molecular complexity index is 1150. The van der Waals surface area contributed by atoms with Gasteiger partial charge < -0.3 is 9.64 Å². The summed E-state index contributed by atoms with van der Waals surface area (Å²) < 4.78 is 32.4. The molecule has 33 heavy (non-hydrogen) atoms. The van der Waals surface area contributed by atoms with Gasteiger partial charge in [-0.1, -0.05) is 29.8 Å². The smallest absolute Gasteiger partial charge is 0.254 e. The molecular formula is C24H27ClN2O5S. The van der Waals surface area contributed by atoms with Crippen molar-refractivity contribution in [1.82, 2.24) is 9.21 Å². The first-order valence-corrected chi connectivity index (χ1v) is 12.8. The van der Waals surface area contributed by atoms with Crippen LogP contribution in [-0.2, 0) is 25.1 Å². The van der Waals surface area contributed by atoms with Crippen LogP contribution >= 0.6 is 11.6 Å². The van der Waals surface area contributed by atoms with Crippen LogP contribution in [0.25, 0.3) is 0 Å². The lowest BCUT2D eigenvalue weighted by Crippen LogP contribution is -2.54. The largest absolute Gasteiger partial charge is 0.379 e. The molecule has 0 unspecified atom stereocenters. The third-order valence-corrected chi connectivity index (χ3v) is 8.80. The Labute approximate surface area is 199 Å². The summed E-state index contributed by atoms with van der Waals surface area (Å²) >= 11 is 6.48. The Kier molecular flexibility index (Phi) is 6.91. The van der Waals surface area contributed by atoms with Gasteiger partial charge in [0, 0.05) is 42.7 Å². The molecule has 4 rings (SSSR count). The van der Waals surface area contributed by atoms with Crippen LogP contribution in [0.2, 0.25) is 5.02 Å². The number of likely N-dealkylation sites (N-methyl/N-ethyl adjacent to an activating group) is 1. The van der Waals surface area contributed by atoms with E-state index in [1.54, 1.807) is 25.2 Å². The summed E-state index contributed by atoms with van der Waals surface area (Å²) in [7, 11) is -2.04. The standard InChI is InChI=1S/C24H27ClN2O5S/c1-26(24(13-5-4-8-22(24)28)20-6-2-3-7-21(20)25)23(29)18-9-11-19(12-10-18)33(30,31)27-14-16-32-17-15-27/h2-3,6-7,9-12H,4-5,8,13-17H2,1H3/t24-/m1/s1. The topological polar surface area (TPSA) is 84.0 Å². The van der Waals surface area contributed by atoms with E-state index < -0.39 is 15.6 Å². The Balaban J connectivity index is 1.65. The van der Waals surface area contributed by atoms with Gasteiger partial charge in [0.1, 0.15) is 5.54 Å². The maximum absolute atomic E-state index is 13.5. The summed E-state index contributed by atoms with van der Waals surface area (Å²) in [5.74, 6) is -0.398. The van der Waals surface area contributed by atoms with Crippen molar-refractivity contribution in [2.75, 3.05) is 33.4 Å². The number of morpholine rings is 1. The van der Waals surface area contributed by atoms with Crippen LogP contribution in [0.15, 0.2) is 53.4 Å². The number of carbonyl (C=O) groups excluding carboxylic acids is 2. The third-order valence-electron chi connectivity index (χ3n) is 6.56. The van der Waals surface area contributed by atoms with Gasteiger partial charge in [0.05, 0.1) is 18.1 Å². The monoisotopic (exact) mass is 490 g/mol. The van der Waals surface area contributed by atoms with E-state index in [1.165, 1.54) is 33.5 Å². The van der Waals surface area contributed by atoms with Gasteiger partial charge in [0.2, 0.25) is 10.0 Å². The number of benzene rings is 2. The lowest BCUT2D eigenvalue weighted by molar-refractivity contribution is -0.132. The molecular weight excluding hydrogens is 464 g/mol. The van der Waals surface area contributed by atoms with Crippen molar-refractivity contribution in [2.24, 2.45) is 0 Å². The molecule has 7 nitrogen and oxygen atoms in total. The zero-order valence-electron chi connectivity index (χ0n) is 18.5. The molecule has 0 N–H and O–H groups in total. The minimum Gasteiger partial charge on any atom is -0.379 e. The molecule has 0 radical (unpaired) electrons. The number of rotatable bonds is 5. The van der Waals surface area contributed by atoms with Crippen molar-refractivity contribution in [3.05, 3.63) is 64.7 Å². The summed E-state index contributed by atoms with van der Waals surface area (Å²) in [4.78, 5) is 28.4. The Morgan fingerprint density at radius 3 is 2.36 bits per heavy atom. The maximum Gasteiger partial charge on any atom is 0.254 e. The van der Waals surface area contributed by atoms with Gasteiger partial charge >= 0.3 is 0 Å². The van der Waals surface area contributed by atoms with Crippen LogP contribution in [0.1, 0.15) is 41.6 Å². The molecule has 2 aliphatic rings. The maximum atomic E-state index is 13.5. The van der Waals surface area contributed by atoms with Crippen LogP contribution in [0, 0.1) is 0 Å². The van der Waals surface area contributed by atoms with Crippen molar-refractivity contribution in [3.63, 3.8) is 0 Å². The van der Waals surface area contributed by atoms with Gasteiger partial charge in [-0.3, -0.25) is 9.59 Å². The highest BCUT2D eigenvalue weighted by Crippen LogP contribution is 2.42. The Morgan fingerprint density at radius 1 is 1.06 bits per heavy atom. The molecule has 2 fully saturated rings. The van der Waals surface area contributed by atoms with Crippen molar-refractivity contribution < 1.29 is 22.7 Å². The minimum atomic E-state index is -3.66. The van der Waals surface area contributed by atoms with Crippen LogP contribution < -0.4 is 0 Å². The molecule has 2 aromatic rings. The van der Waals surface area contributed by atoms with Crippen LogP contribution in [-0.4, -0.2) is 62.7 Å². The summed E-state index contributed by atoms with van der Waals surface area (Å²) in [6.07, 6.45) is 2.44. The van der Waals surface area contributed by atoms with E-state index in [-0.39, 0.29) is 16.6 Å². The highest BCUT2D eigenvalue weighted by Gasteiger charge is 2.48. The zero-order valence-corrected chi connectivity index (χ0v) is 20.1. The predicted molar refractivity (Wildman–Crippen MR) is 125 cm³/mol. The SMILES string of the molecule is CN(C(=O)c1ccc(S(=O)(=O)N2CCOCC2)cc1)[C@@]1(c2ccccc2Cl)CCCCC1=O. The van der Waals surface area contributed by atoms with Crippen molar-refractivity contribution >= 4 is 33.3 Å². The number of carbonyl (C=O) groups is 2. The average molecular weight is 491 g/mol. The molecule has 176 valence electrons. The second-order valence-corrected chi connectivity index (χ2v) is 10.7. The summed E-state index contributed by atoms with van der Waals surface area (Å²) in [5, 5.41) is 0.444. The number of nitrogens with zero attached hydrogens (tertiary/aromatic N) is 2. The van der Waals surface area contributed by atoms with Crippen LogP contribution in [0.3, 0.4) is 0 Å². The number of amides is 1. The van der Waals surface area contributed by atoms with Crippen LogP contribution in [0.5, 0.6) is 0 Å². The third kappa shape index (κ3) is 4.33. The second kappa shape index (κ2) is 9.54. The molecule has 0 spiro atoms. The fraction of sp³-hybridized carbons (Fsp3) is 0.417. The van der Waals surface area contributed by atoms with E-state index in [4.69, 9.17) is 16.3 Å². The van der Waals surface area contributed by atoms with Gasteiger partial charge in [-0.15, -0.1) is 0 Å². The van der Waals surface area contributed by atoms with E-state index in [0.717, 1.165) is 12.8 Å². The number of halogens is 1. The van der Waals surface area contributed by atoms with E-state index in [0.29, 0.717) is 55.3 Å². The number of hydrogen-bond donors (Lipinski definition) is 0. The average Bonchev–Trinajstić information content (AvgIpc) is 2.85. The summed E-state index contributed by atoms with van der Waals surface area (Å²) in [6.45, 7) is 1.32. The van der Waals surface area contributed by atoms with E-state index in [2.05, 4.69) is 0 Å². The lowest BCUT2D eigenvalue weighted by atomic mass is 9.74.